The number of hydrogen-bond acceptors (Lipinski definition) is 4. The molecule has 0 bridgehead atoms. The van der Waals surface area contributed by atoms with Crippen LogP contribution in [0.3, 0.4) is 0 Å². The molecule has 3 rings (SSSR count). The van der Waals surface area contributed by atoms with Gasteiger partial charge in [-0.3, -0.25) is 9.59 Å². The van der Waals surface area contributed by atoms with Gasteiger partial charge in [0.05, 0.1) is 18.7 Å². The van der Waals surface area contributed by atoms with Crippen molar-refractivity contribution in [2.75, 3.05) is 26.2 Å². The first-order valence-electron chi connectivity index (χ1n) is 9.45. The molecule has 0 spiro atoms. The van der Waals surface area contributed by atoms with Crippen LogP contribution in [-0.4, -0.2) is 53.8 Å². The quantitative estimate of drug-likeness (QED) is 0.766. The molecule has 1 aromatic rings. The van der Waals surface area contributed by atoms with E-state index in [0.717, 1.165) is 18.7 Å². The molecule has 138 valence electrons. The van der Waals surface area contributed by atoms with Crippen molar-refractivity contribution >= 4 is 11.8 Å². The molecular formula is C19H29N3O3. The van der Waals surface area contributed by atoms with Gasteiger partial charge in [-0.15, -0.1) is 0 Å². The molecule has 0 aliphatic carbocycles. The van der Waals surface area contributed by atoms with Crippen LogP contribution in [0.5, 0.6) is 0 Å². The number of carbonyl (C=O) groups is 2. The Labute approximate surface area is 149 Å². The molecule has 6 heteroatoms. The van der Waals surface area contributed by atoms with E-state index in [0.29, 0.717) is 32.1 Å². The Balaban J connectivity index is 1.36. The Morgan fingerprint density at radius 1 is 1.40 bits per heavy atom. The van der Waals surface area contributed by atoms with Crippen LogP contribution in [0.15, 0.2) is 22.8 Å². The predicted molar refractivity (Wildman–Crippen MR) is 94.7 cm³/mol. The summed E-state index contributed by atoms with van der Waals surface area (Å²) in [6.45, 7) is 6.11. The number of carbonyl (C=O) groups excluding carboxylic acids is 2. The van der Waals surface area contributed by atoms with Crippen LogP contribution in [0.1, 0.15) is 44.8 Å². The maximum atomic E-state index is 12.3. The molecule has 2 amide bonds. The van der Waals surface area contributed by atoms with Crippen LogP contribution >= 0.6 is 0 Å². The highest BCUT2D eigenvalue weighted by atomic mass is 16.3. The van der Waals surface area contributed by atoms with E-state index in [1.54, 1.807) is 11.2 Å². The van der Waals surface area contributed by atoms with E-state index >= 15 is 0 Å². The number of nitrogens with one attached hydrogen (secondary N) is 1. The number of rotatable bonds is 7. The summed E-state index contributed by atoms with van der Waals surface area (Å²) in [5.41, 5.74) is 0. The fourth-order valence-electron chi connectivity index (χ4n) is 3.82. The molecule has 0 radical (unpaired) electrons. The minimum atomic E-state index is -0.239. The second-order valence-electron chi connectivity index (χ2n) is 7.28. The molecule has 3 heterocycles. The van der Waals surface area contributed by atoms with Crippen molar-refractivity contribution in [1.29, 1.82) is 0 Å². The summed E-state index contributed by atoms with van der Waals surface area (Å²) >= 11 is 0. The number of hydrogen-bond donors (Lipinski definition) is 1. The Bertz CT molecular complexity index is 572. The maximum absolute atomic E-state index is 12.3. The van der Waals surface area contributed by atoms with Crippen molar-refractivity contribution in [2.24, 2.45) is 5.92 Å². The summed E-state index contributed by atoms with van der Waals surface area (Å²) < 4.78 is 5.29. The molecular weight excluding hydrogens is 318 g/mol. The Morgan fingerprint density at radius 3 is 3.04 bits per heavy atom. The lowest BCUT2D eigenvalue weighted by atomic mass is 10.0. The minimum Gasteiger partial charge on any atom is -0.467 e. The van der Waals surface area contributed by atoms with E-state index in [1.165, 1.54) is 25.8 Å². The van der Waals surface area contributed by atoms with E-state index in [1.807, 2.05) is 12.1 Å². The Hall–Kier alpha value is -1.82. The molecule has 1 N–H and O–H groups in total. The predicted octanol–water partition coefficient (Wildman–Crippen LogP) is 2.01. The second kappa shape index (κ2) is 8.52. The zero-order valence-corrected chi connectivity index (χ0v) is 15.1. The molecule has 2 aliphatic rings. The van der Waals surface area contributed by atoms with Gasteiger partial charge in [0.25, 0.3) is 0 Å². The summed E-state index contributed by atoms with van der Waals surface area (Å²) in [5, 5.41) is 3.01. The number of likely N-dealkylation sites (tertiary alicyclic amines) is 2. The molecule has 0 aromatic carbocycles. The average molecular weight is 347 g/mol. The summed E-state index contributed by atoms with van der Waals surface area (Å²) in [4.78, 5) is 28.6. The van der Waals surface area contributed by atoms with Gasteiger partial charge in [0, 0.05) is 32.1 Å². The van der Waals surface area contributed by atoms with Crippen LogP contribution in [0.25, 0.3) is 0 Å². The van der Waals surface area contributed by atoms with Gasteiger partial charge < -0.3 is 19.5 Å². The number of amides is 2. The third-order valence-corrected chi connectivity index (χ3v) is 5.37. The minimum absolute atomic E-state index is 0.00184. The molecule has 2 fully saturated rings. The van der Waals surface area contributed by atoms with Crippen molar-refractivity contribution in [2.45, 2.75) is 51.6 Å². The summed E-state index contributed by atoms with van der Waals surface area (Å²) in [6.07, 6.45) is 6.76. The standard InChI is InChI=1S/C19H29N3O3/c1-15-6-2-3-9-21(15)10-5-8-20-19(24)16-12-18(23)22(13-16)14-17-7-4-11-25-17/h4,7,11,15-16H,2-3,5-6,8-10,12-14H2,1H3,(H,20,24). The highest BCUT2D eigenvalue weighted by Crippen LogP contribution is 2.20. The molecule has 2 unspecified atom stereocenters. The van der Waals surface area contributed by atoms with Gasteiger partial charge in [-0.1, -0.05) is 6.42 Å². The van der Waals surface area contributed by atoms with Gasteiger partial charge in [-0.05, 0) is 44.9 Å². The molecule has 2 saturated heterocycles. The topological polar surface area (TPSA) is 65.8 Å². The monoisotopic (exact) mass is 347 g/mol. The van der Waals surface area contributed by atoms with Crippen LogP contribution in [-0.2, 0) is 16.1 Å². The van der Waals surface area contributed by atoms with Crippen molar-refractivity contribution in [1.82, 2.24) is 15.1 Å². The highest BCUT2D eigenvalue weighted by molar-refractivity contribution is 5.89. The highest BCUT2D eigenvalue weighted by Gasteiger charge is 2.34. The van der Waals surface area contributed by atoms with Crippen LogP contribution in [0.4, 0.5) is 0 Å². The number of nitrogens with zero attached hydrogens (tertiary/aromatic N) is 2. The Kier molecular flexibility index (Phi) is 6.13. The van der Waals surface area contributed by atoms with Gasteiger partial charge >= 0.3 is 0 Å². The van der Waals surface area contributed by atoms with Crippen LogP contribution in [0.2, 0.25) is 0 Å². The van der Waals surface area contributed by atoms with Crippen LogP contribution < -0.4 is 5.32 Å². The molecule has 0 saturated carbocycles. The molecule has 2 atom stereocenters. The van der Waals surface area contributed by atoms with Gasteiger partial charge in [0.1, 0.15) is 5.76 Å². The average Bonchev–Trinajstić information content (AvgIpc) is 3.24. The first-order valence-corrected chi connectivity index (χ1v) is 9.45. The zero-order valence-electron chi connectivity index (χ0n) is 15.1. The summed E-state index contributed by atoms with van der Waals surface area (Å²) in [7, 11) is 0. The van der Waals surface area contributed by atoms with Gasteiger partial charge in [-0.25, -0.2) is 0 Å². The molecule has 25 heavy (non-hydrogen) atoms. The Morgan fingerprint density at radius 2 is 2.28 bits per heavy atom. The van der Waals surface area contributed by atoms with Gasteiger partial charge in [0.2, 0.25) is 11.8 Å². The zero-order chi connectivity index (χ0) is 17.6. The lowest BCUT2D eigenvalue weighted by molar-refractivity contribution is -0.129. The summed E-state index contributed by atoms with van der Waals surface area (Å²) in [6, 6.07) is 4.32. The SMILES string of the molecule is CC1CCCCN1CCCNC(=O)C1CC(=O)N(Cc2ccco2)C1. The maximum Gasteiger partial charge on any atom is 0.225 e. The molecule has 6 nitrogen and oxygen atoms in total. The first-order chi connectivity index (χ1) is 12.1. The normalized spacial score (nSPS) is 24.7. The fourth-order valence-corrected chi connectivity index (χ4v) is 3.82. The van der Waals surface area contributed by atoms with Gasteiger partial charge in [-0.2, -0.15) is 0 Å². The summed E-state index contributed by atoms with van der Waals surface area (Å²) in [5.74, 6) is 0.544. The van der Waals surface area contributed by atoms with Crippen molar-refractivity contribution in [3.63, 3.8) is 0 Å². The van der Waals surface area contributed by atoms with Gasteiger partial charge in [0.15, 0.2) is 0 Å². The van der Waals surface area contributed by atoms with E-state index in [-0.39, 0.29) is 17.7 Å². The van der Waals surface area contributed by atoms with E-state index < -0.39 is 0 Å². The lowest BCUT2D eigenvalue weighted by Crippen LogP contribution is -2.40. The fraction of sp³-hybridized carbons (Fsp3) is 0.684. The molecule has 1 aromatic heterocycles. The number of piperidine rings is 1. The second-order valence-corrected chi connectivity index (χ2v) is 7.28. The van der Waals surface area contributed by atoms with Crippen molar-refractivity contribution in [3.8, 4) is 0 Å². The van der Waals surface area contributed by atoms with Crippen molar-refractivity contribution in [3.05, 3.63) is 24.2 Å². The third kappa shape index (κ3) is 4.84. The van der Waals surface area contributed by atoms with E-state index in [2.05, 4.69) is 17.1 Å². The van der Waals surface area contributed by atoms with E-state index in [4.69, 9.17) is 4.42 Å². The number of furan rings is 1. The molecule has 2 aliphatic heterocycles. The third-order valence-electron chi connectivity index (χ3n) is 5.37. The van der Waals surface area contributed by atoms with Crippen molar-refractivity contribution < 1.29 is 14.0 Å². The van der Waals surface area contributed by atoms with Crippen LogP contribution in [0, 0.1) is 5.92 Å². The smallest absolute Gasteiger partial charge is 0.225 e. The van der Waals surface area contributed by atoms with E-state index in [9.17, 15) is 9.59 Å². The lowest BCUT2D eigenvalue weighted by Gasteiger charge is -2.33. The largest absolute Gasteiger partial charge is 0.467 e. The first kappa shape index (κ1) is 18.0.